The second kappa shape index (κ2) is 11.8. The molecule has 1 aliphatic rings. The highest BCUT2D eigenvalue weighted by atomic mass is 15.0. The van der Waals surface area contributed by atoms with Crippen LogP contribution in [-0.4, -0.2) is 9.13 Å². The zero-order valence-electron chi connectivity index (χ0n) is 32.9. The van der Waals surface area contributed by atoms with Gasteiger partial charge in [0.05, 0.1) is 22.1 Å². The molecule has 0 aliphatic heterocycles. The molecule has 2 heteroatoms. The van der Waals surface area contributed by atoms with E-state index in [4.69, 9.17) is 0 Å². The lowest BCUT2D eigenvalue weighted by Crippen LogP contribution is -2.14. The molecule has 0 N–H and O–H groups in total. The minimum Gasteiger partial charge on any atom is -0.309 e. The zero-order valence-corrected chi connectivity index (χ0v) is 32.9. The maximum absolute atomic E-state index is 2.54. The number of hydrogen-bond acceptors (Lipinski definition) is 0. The van der Waals surface area contributed by atoms with Crippen LogP contribution < -0.4 is 0 Å². The average Bonchev–Trinajstić information content (AvgIpc) is 3.87. The first-order valence-corrected chi connectivity index (χ1v) is 20.7. The maximum Gasteiger partial charge on any atom is 0.0547 e. The molecule has 0 saturated heterocycles. The van der Waals surface area contributed by atoms with Gasteiger partial charge in [0.1, 0.15) is 0 Å². The first-order valence-electron chi connectivity index (χ1n) is 20.7. The summed E-state index contributed by atoms with van der Waals surface area (Å²) in [6.45, 7) is 4.77. The van der Waals surface area contributed by atoms with Crippen LogP contribution >= 0.6 is 0 Å². The Bertz CT molecular complexity index is 3750. The smallest absolute Gasteiger partial charge is 0.0547 e. The van der Waals surface area contributed by atoms with Gasteiger partial charge >= 0.3 is 0 Å². The molecule has 0 fully saturated rings. The number of nitrogens with zero attached hydrogens (tertiary/aromatic N) is 2. The Morgan fingerprint density at radius 1 is 0.288 bits per heavy atom. The van der Waals surface area contributed by atoms with E-state index in [0.29, 0.717) is 0 Å². The molecule has 0 bridgehead atoms. The fourth-order valence-electron chi connectivity index (χ4n) is 10.7. The van der Waals surface area contributed by atoms with E-state index in [1.54, 1.807) is 0 Å². The van der Waals surface area contributed by atoms with Crippen molar-refractivity contribution in [3.63, 3.8) is 0 Å². The van der Waals surface area contributed by atoms with Gasteiger partial charge in [-0.3, -0.25) is 0 Å². The van der Waals surface area contributed by atoms with Crippen molar-refractivity contribution in [2.45, 2.75) is 19.3 Å². The van der Waals surface area contributed by atoms with Crippen LogP contribution in [0.4, 0.5) is 0 Å². The van der Waals surface area contributed by atoms with Crippen LogP contribution in [0.3, 0.4) is 0 Å². The largest absolute Gasteiger partial charge is 0.309 e. The lowest BCUT2D eigenvalue weighted by atomic mass is 9.82. The molecule has 276 valence electrons. The van der Waals surface area contributed by atoms with Crippen molar-refractivity contribution in [2.75, 3.05) is 0 Å². The van der Waals surface area contributed by atoms with E-state index < -0.39 is 0 Å². The third-order valence-corrected chi connectivity index (χ3v) is 13.5. The van der Waals surface area contributed by atoms with Crippen molar-refractivity contribution >= 4 is 75.9 Å². The molecule has 0 saturated carbocycles. The average molecular weight is 751 g/mol. The molecule has 1 aliphatic carbocycles. The monoisotopic (exact) mass is 750 g/mol. The highest BCUT2D eigenvalue weighted by Crippen LogP contribution is 2.51. The Kier molecular flexibility index (Phi) is 6.54. The van der Waals surface area contributed by atoms with Gasteiger partial charge in [-0.15, -0.1) is 0 Å². The SMILES string of the molecule is CC1(C)c2ccccc2-c2cc3c4cc5c6ccccc6c6ccccc6c5cc4n(-c4cccc(-c5ccc6c7ccccc7n(-c7ccccc7)c6c5)c4)c3cc21. The summed E-state index contributed by atoms with van der Waals surface area (Å²) in [7, 11) is 0. The van der Waals surface area contributed by atoms with Crippen LogP contribution in [0.25, 0.3) is 110 Å². The predicted octanol–water partition coefficient (Wildman–Crippen LogP) is 15.3. The van der Waals surface area contributed by atoms with Crippen LogP contribution in [0.15, 0.2) is 194 Å². The Morgan fingerprint density at radius 2 is 0.831 bits per heavy atom. The normalized spacial score (nSPS) is 13.4. The summed E-state index contributed by atoms with van der Waals surface area (Å²) < 4.78 is 4.95. The fraction of sp³-hybridized carbons (Fsp3) is 0.0526. The number of para-hydroxylation sites is 2. The lowest BCUT2D eigenvalue weighted by Gasteiger charge is -2.21. The molecule has 0 atom stereocenters. The van der Waals surface area contributed by atoms with Gasteiger partial charge in [-0.1, -0.05) is 147 Å². The van der Waals surface area contributed by atoms with Gasteiger partial charge < -0.3 is 9.13 Å². The van der Waals surface area contributed by atoms with Crippen molar-refractivity contribution < 1.29 is 0 Å². The number of fused-ring (bicyclic) bond motifs is 15. The molecule has 12 aromatic rings. The zero-order chi connectivity index (χ0) is 39.0. The van der Waals surface area contributed by atoms with Crippen molar-refractivity contribution in [1.29, 1.82) is 0 Å². The lowest BCUT2D eigenvalue weighted by molar-refractivity contribution is 0.661. The molecular formula is C57H38N2. The standard InChI is InChI=1S/C57H38N2/c1-57(2)51-25-12-10-23-43(51)48-32-50-49-31-46-41-21-8-6-19-39(41)40-20-7-9-22-42(40)47(46)33-55(49)59(56(50)34-52(48)57)38-18-14-15-35(29-38)36-27-28-45-44-24-11-13-26-53(44)58(54(45)30-36)37-16-4-3-5-17-37/h3-34H,1-2H3. The number of rotatable bonds is 3. The molecule has 0 amide bonds. The summed E-state index contributed by atoms with van der Waals surface area (Å²) in [5, 5.41) is 12.8. The minimum atomic E-state index is -0.118. The molecule has 59 heavy (non-hydrogen) atoms. The summed E-state index contributed by atoms with van der Waals surface area (Å²) in [5.41, 5.74) is 14.9. The molecule has 0 unspecified atom stereocenters. The highest BCUT2D eigenvalue weighted by molar-refractivity contribution is 6.29. The van der Waals surface area contributed by atoms with E-state index in [1.807, 2.05) is 0 Å². The topological polar surface area (TPSA) is 9.86 Å². The third kappa shape index (κ3) is 4.46. The van der Waals surface area contributed by atoms with E-state index >= 15 is 0 Å². The van der Waals surface area contributed by atoms with Crippen LogP contribution in [-0.2, 0) is 5.41 Å². The molecule has 13 rings (SSSR count). The van der Waals surface area contributed by atoms with E-state index in [9.17, 15) is 0 Å². The first-order chi connectivity index (χ1) is 29.0. The summed E-state index contributed by atoms with van der Waals surface area (Å²) in [4.78, 5) is 0. The van der Waals surface area contributed by atoms with Gasteiger partial charge in [-0.05, 0) is 126 Å². The van der Waals surface area contributed by atoms with Gasteiger partial charge in [-0.25, -0.2) is 0 Å². The number of aromatic nitrogens is 2. The summed E-state index contributed by atoms with van der Waals surface area (Å²) in [5.74, 6) is 0. The fourth-order valence-corrected chi connectivity index (χ4v) is 10.7. The third-order valence-electron chi connectivity index (χ3n) is 13.5. The summed E-state index contributed by atoms with van der Waals surface area (Å²) in [6, 6.07) is 72.4. The van der Waals surface area contributed by atoms with Crippen molar-refractivity contribution in [2.24, 2.45) is 0 Å². The van der Waals surface area contributed by atoms with Crippen LogP contribution in [0.5, 0.6) is 0 Å². The molecule has 0 radical (unpaired) electrons. The molecule has 2 nitrogen and oxygen atoms in total. The molecular weight excluding hydrogens is 713 g/mol. The molecule has 0 spiro atoms. The second-order valence-corrected chi connectivity index (χ2v) is 16.9. The van der Waals surface area contributed by atoms with Gasteiger partial charge in [0, 0.05) is 38.3 Å². The van der Waals surface area contributed by atoms with E-state index in [-0.39, 0.29) is 5.41 Å². The van der Waals surface area contributed by atoms with Gasteiger partial charge in [0.2, 0.25) is 0 Å². The first kappa shape index (κ1) is 32.6. The summed E-state index contributed by atoms with van der Waals surface area (Å²) in [6.07, 6.45) is 0. The Morgan fingerprint density at radius 3 is 1.61 bits per heavy atom. The maximum atomic E-state index is 2.54. The van der Waals surface area contributed by atoms with Crippen molar-refractivity contribution in [3.8, 4) is 33.6 Å². The van der Waals surface area contributed by atoms with Crippen LogP contribution in [0.1, 0.15) is 25.0 Å². The molecule has 2 aromatic heterocycles. The van der Waals surface area contributed by atoms with Crippen molar-refractivity contribution in [1.82, 2.24) is 9.13 Å². The summed E-state index contributed by atoms with van der Waals surface area (Å²) >= 11 is 0. The minimum absolute atomic E-state index is 0.118. The van der Waals surface area contributed by atoms with Gasteiger partial charge in [0.15, 0.2) is 0 Å². The van der Waals surface area contributed by atoms with E-state index in [2.05, 4.69) is 217 Å². The van der Waals surface area contributed by atoms with Crippen molar-refractivity contribution in [3.05, 3.63) is 205 Å². The second-order valence-electron chi connectivity index (χ2n) is 16.9. The quantitative estimate of drug-likeness (QED) is 0.159. The van der Waals surface area contributed by atoms with E-state index in [0.717, 1.165) is 5.69 Å². The molecule has 2 heterocycles. The number of hydrogen-bond donors (Lipinski definition) is 0. The highest BCUT2D eigenvalue weighted by Gasteiger charge is 2.36. The Hall–Kier alpha value is -7.42. The Labute approximate surface area is 341 Å². The Balaban J connectivity index is 1.11. The van der Waals surface area contributed by atoms with Gasteiger partial charge in [-0.2, -0.15) is 0 Å². The van der Waals surface area contributed by atoms with Crippen LogP contribution in [0.2, 0.25) is 0 Å². The predicted molar refractivity (Wildman–Crippen MR) is 251 cm³/mol. The van der Waals surface area contributed by atoms with Gasteiger partial charge in [0.25, 0.3) is 0 Å². The molecule has 10 aromatic carbocycles. The number of benzene rings is 10. The van der Waals surface area contributed by atoms with Crippen LogP contribution in [0, 0.1) is 0 Å². The van der Waals surface area contributed by atoms with E-state index in [1.165, 1.54) is 115 Å².